The second-order valence-electron chi connectivity index (χ2n) is 4.14. The number of ether oxygens (including phenoxy) is 1. The van der Waals surface area contributed by atoms with E-state index in [4.69, 9.17) is 4.42 Å². The summed E-state index contributed by atoms with van der Waals surface area (Å²) in [5.74, 6) is 0.266. The fourth-order valence-corrected chi connectivity index (χ4v) is 1.58. The summed E-state index contributed by atoms with van der Waals surface area (Å²) in [4.78, 5) is 13.0. The van der Waals surface area contributed by atoms with Crippen molar-refractivity contribution in [3.63, 3.8) is 0 Å². The van der Waals surface area contributed by atoms with Gasteiger partial charge in [0, 0.05) is 19.2 Å². The van der Waals surface area contributed by atoms with Crippen LogP contribution in [0.15, 0.2) is 28.9 Å². The topological polar surface area (TPSA) is 42.7 Å². The Hall–Kier alpha value is -1.76. The Morgan fingerprint density at radius 1 is 1.53 bits per heavy atom. The second-order valence-corrected chi connectivity index (χ2v) is 4.14. The highest BCUT2D eigenvalue weighted by molar-refractivity contribution is 5.92. The van der Waals surface area contributed by atoms with Gasteiger partial charge in [0.15, 0.2) is 0 Å². The van der Waals surface area contributed by atoms with E-state index in [1.165, 1.54) is 23.3 Å². The highest BCUT2D eigenvalue weighted by Gasteiger charge is 2.35. The third-order valence-electron chi connectivity index (χ3n) is 2.58. The van der Waals surface area contributed by atoms with Crippen molar-refractivity contribution in [3.05, 3.63) is 30.2 Å². The Bertz CT molecular complexity index is 447. The molecule has 7 heteroatoms. The molecule has 0 spiro atoms. The molecule has 1 fully saturated rings. The Kier molecular flexibility index (Phi) is 3.94. The van der Waals surface area contributed by atoms with Gasteiger partial charge in [-0.1, -0.05) is 0 Å². The molecule has 0 aromatic carbocycles. The maximum Gasteiger partial charge on any atom is 0.411 e. The molecule has 19 heavy (non-hydrogen) atoms. The third-order valence-corrected chi connectivity index (χ3v) is 2.58. The van der Waals surface area contributed by atoms with Crippen molar-refractivity contribution in [2.45, 2.75) is 12.3 Å². The average Bonchev–Trinajstić information content (AvgIpc) is 2.75. The van der Waals surface area contributed by atoms with Crippen molar-refractivity contribution in [2.75, 3.05) is 19.7 Å². The fourth-order valence-electron chi connectivity index (χ4n) is 1.58. The number of alkyl halides is 3. The largest absolute Gasteiger partial charge is 0.465 e. The van der Waals surface area contributed by atoms with Crippen LogP contribution in [0.3, 0.4) is 0 Å². The number of carbonyl (C=O) groups is 1. The molecule has 104 valence electrons. The van der Waals surface area contributed by atoms with E-state index < -0.39 is 18.9 Å². The first-order valence-electron chi connectivity index (χ1n) is 5.63. The van der Waals surface area contributed by atoms with Crippen LogP contribution in [0.2, 0.25) is 0 Å². The lowest BCUT2D eigenvalue weighted by molar-refractivity contribution is -0.199. The highest BCUT2D eigenvalue weighted by atomic mass is 19.4. The van der Waals surface area contributed by atoms with E-state index in [0.717, 1.165) is 0 Å². The standard InChI is InChI=1S/C12H12F3NO3/c13-12(14,15)8-19-10-6-16(7-10)11(17)4-3-9-2-1-5-18-9/h1-5,10H,6-8H2/b4-3+. The Morgan fingerprint density at radius 3 is 2.84 bits per heavy atom. The van der Waals surface area contributed by atoms with Crippen LogP contribution >= 0.6 is 0 Å². The van der Waals surface area contributed by atoms with Crippen LogP contribution in [0.5, 0.6) is 0 Å². The number of carbonyl (C=O) groups excluding carboxylic acids is 1. The predicted molar refractivity (Wildman–Crippen MR) is 60.1 cm³/mol. The molecule has 1 saturated heterocycles. The van der Waals surface area contributed by atoms with Gasteiger partial charge in [-0.25, -0.2) is 0 Å². The van der Waals surface area contributed by atoms with E-state index >= 15 is 0 Å². The first-order chi connectivity index (χ1) is 8.94. The number of likely N-dealkylation sites (tertiary alicyclic amines) is 1. The molecule has 1 aliphatic rings. The van der Waals surface area contributed by atoms with Gasteiger partial charge in [0.2, 0.25) is 5.91 Å². The molecule has 2 heterocycles. The van der Waals surface area contributed by atoms with Crippen LogP contribution in [0.25, 0.3) is 6.08 Å². The van der Waals surface area contributed by atoms with Crippen molar-refractivity contribution in [3.8, 4) is 0 Å². The summed E-state index contributed by atoms with van der Waals surface area (Å²) in [6.45, 7) is -0.920. The van der Waals surface area contributed by atoms with Crippen molar-refractivity contribution >= 4 is 12.0 Å². The van der Waals surface area contributed by atoms with Crippen LogP contribution < -0.4 is 0 Å². The van der Waals surface area contributed by atoms with Crippen molar-refractivity contribution in [1.29, 1.82) is 0 Å². The minimum Gasteiger partial charge on any atom is -0.465 e. The van der Waals surface area contributed by atoms with E-state index in [1.807, 2.05) is 0 Å². The Balaban J connectivity index is 1.70. The van der Waals surface area contributed by atoms with Gasteiger partial charge in [0.1, 0.15) is 12.4 Å². The van der Waals surface area contributed by atoms with Crippen LogP contribution in [-0.2, 0) is 9.53 Å². The van der Waals surface area contributed by atoms with Gasteiger partial charge in [0.05, 0.1) is 12.4 Å². The summed E-state index contributed by atoms with van der Waals surface area (Å²) in [6.07, 6.45) is -0.564. The summed E-state index contributed by atoms with van der Waals surface area (Å²) in [7, 11) is 0. The molecule has 0 bridgehead atoms. The summed E-state index contributed by atoms with van der Waals surface area (Å²) >= 11 is 0. The smallest absolute Gasteiger partial charge is 0.411 e. The zero-order chi connectivity index (χ0) is 13.9. The maximum absolute atomic E-state index is 11.9. The number of hydrogen-bond donors (Lipinski definition) is 0. The maximum atomic E-state index is 11.9. The van der Waals surface area contributed by atoms with Gasteiger partial charge < -0.3 is 14.1 Å². The third kappa shape index (κ3) is 4.13. The van der Waals surface area contributed by atoms with E-state index in [9.17, 15) is 18.0 Å². The van der Waals surface area contributed by atoms with Crippen LogP contribution in [0.1, 0.15) is 5.76 Å². The van der Waals surface area contributed by atoms with Gasteiger partial charge in [0.25, 0.3) is 0 Å². The molecule has 0 saturated carbocycles. The van der Waals surface area contributed by atoms with Crippen molar-refractivity contribution in [1.82, 2.24) is 4.90 Å². The number of rotatable bonds is 4. The lowest BCUT2D eigenvalue weighted by Crippen LogP contribution is -2.54. The molecule has 0 radical (unpaired) electrons. The number of hydrogen-bond acceptors (Lipinski definition) is 3. The predicted octanol–water partition coefficient (Wildman–Crippen LogP) is 2.08. The van der Waals surface area contributed by atoms with Crippen LogP contribution in [0.4, 0.5) is 13.2 Å². The zero-order valence-corrected chi connectivity index (χ0v) is 9.89. The minimum absolute atomic E-state index is 0.178. The number of furan rings is 1. The molecule has 1 aliphatic heterocycles. The van der Waals surface area contributed by atoms with E-state index in [1.54, 1.807) is 12.1 Å². The van der Waals surface area contributed by atoms with Gasteiger partial charge in [-0.05, 0) is 18.2 Å². The second kappa shape index (κ2) is 5.48. The van der Waals surface area contributed by atoms with E-state index in [-0.39, 0.29) is 19.0 Å². The number of halogens is 3. The fraction of sp³-hybridized carbons (Fsp3) is 0.417. The SMILES string of the molecule is O=C(/C=C/c1ccco1)N1CC(OCC(F)(F)F)C1. The summed E-state index contributed by atoms with van der Waals surface area (Å²) in [6, 6.07) is 3.38. The Labute approximate surface area is 107 Å². The van der Waals surface area contributed by atoms with Crippen LogP contribution in [0, 0.1) is 0 Å². The Morgan fingerprint density at radius 2 is 2.26 bits per heavy atom. The van der Waals surface area contributed by atoms with Crippen molar-refractivity contribution < 1.29 is 27.1 Å². The molecule has 1 aromatic rings. The molecular formula is C12H12F3NO3. The van der Waals surface area contributed by atoms with Gasteiger partial charge in [-0.3, -0.25) is 4.79 Å². The summed E-state index contributed by atoms with van der Waals surface area (Å²) < 4.78 is 45.3. The van der Waals surface area contributed by atoms with Gasteiger partial charge in [-0.2, -0.15) is 13.2 Å². The first-order valence-corrected chi connectivity index (χ1v) is 5.63. The molecule has 0 atom stereocenters. The summed E-state index contributed by atoms with van der Waals surface area (Å²) in [5, 5.41) is 0. The molecule has 0 unspecified atom stereocenters. The monoisotopic (exact) mass is 275 g/mol. The number of amides is 1. The molecule has 2 rings (SSSR count). The quantitative estimate of drug-likeness (QED) is 0.790. The molecule has 0 aliphatic carbocycles. The minimum atomic E-state index is -4.33. The van der Waals surface area contributed by atoms with E-state index in [2.05, 4.69) is 4.74 Å². The summed E-state index contributed by atoms with van der Waals surface area (Å²) in [5.41, 5.74) is 0. The lowest BCUT2D eigenvalue weighted by atomic mass is 10.1. The molecule has 4 nitrogen and oxygen atoms in total. The lowest BCUT2D eigenvalue weighted by Gasteiger charge is -2.38. The zero-order valence-electron chi connectivity index (χ0n) is 9.89. The molecule has 1 aromatic heterocycles. The van der Waals surface area contributed by atoms with Crippen molar-refractivity contribution in [2.24, 2.45) is 0 Å². The first kappa shape index (κ1) is 13.7. The van der Waals surface area contributed by atoms with Gasteiger partial charge in [-0.15, -0.1) is 0 Å². The highest BCUT2D eigenvalue weighted by Crippen LogP contribution is 2.19. The molecule has 0 N–H and O–H groups in total. The molecular weight excluding hydrogens is 263 g/mol. The normalized spacial score (nSPS) is 16.9. The number of nitrogens with zero attached hydrogens (tertiary/aromatic N) is 1. The van der Waals surface area contributed by atoms with Gasteiger partial charge >= 0.3 is 6.18 Å². The van der Waals surface area contributed by atoms with E-state index in [0.29, 0.717) is 5.76 Å². The van der Waals surface area contributed by atoms with Crippen LogP contribution in [-0.4, -0.2) is 42.8 Å². The average molecular weight is 275 g/mol. The molecule has 1 amide bonds.